The van der Waals surface area contributed by atoms with Crippen LogP contribution in [0.25, 0.3) is 0 Å². The average Bonchev–Trinajstić information content (AvgIpc) is 1.41. The van der Waals surface area contributed by atoms with Crippen molar-refractivity contribution in [1.29, 1.82) is 0 Å². The van der Waals surface area contributed by atoms with Gasteiger partial charge in [-0.15, -0.1) is 6.58 Å². The Morgan fingerprint density at radius 3 is 2.40 bits per heavy atom. The Labute approximate surface area is 35.2 Å². The molecule has 0 amide bonds. The molecule has 0 aromatic rings. The Morgan fingerprint density at radius 1 is 1.80 bits per heavy atom. The number of hydrogen-bond acceptors (Lipinski definition) is 1. The minimum atomic E-state index is 0.772. The average molecular weight is 87.2 g/mol. The lowest BCUT2D eigenvalue weighted by molar-refractivity contribution is 0.481. The Bertz CT molecular complexity index is 28.1. The first kappa shape index (κ1) is 4.92. The summed E-state index contributed by atoms with van der Waals surface area (Å²) in [5.41, 5.74) is 0. The molecule has 0 bridgehead atoms. The summed E-state index contributed by atoms with van der Waals surface area (Å²) in [6.07, 6.45) is 1.62. The summed E-state index contributed by atoms with van der Waals surface area (Å²) in [6, 6.07) is 0. The normalized spacial score (nSPS) is 8.00. The third-order valence-electron chi connectivity index (χ3n) is 0.232. The highest BCUT2D eigenvalue weighted by molar-refractivity contribution is 5.98. The van der Waals surface area contributed by atoms with Crippen LogP contribution in [0.3, 0.4) is 0 Å². The minimum absolute atomic E-state index is 0.772. The van der Waals surface area contributed by atoms with Crippen LogP contribution < -0.4 is 0 Å². The molecule has 0 aliphatic heterocycles. The predicted molar refractivity (Wildman–Crippen MR) is 25.5 cm³/mol. The molecule has 0 unspecified atom stereocenters. The molecule has 29 valence electrons. The van der Waals surface area contributed by atoms with Gasteiger partial charge in [0.25, 0.3) is 0 Å². The standard InChI is InChI=1S/C3H7OSi/c1-2-3-4-5/h2-3H,1H2,5H3. The van der Waals surface area contributed by atoms with Crippen LogP contribution in [-0.4, -0.2) is 10.5 Å². The van der Waals surface area contributed by atoms with Crippen LogP contribution >= 0.6 is 0 Å². The van der Waals surface area contributed by atoms with Crippen LogP contribution in [-0.2, 0) is 4.43 Å². The van der Waals surface area contributed by atoms with Gasteiger partial charge in [0, 0.05) is 0 Å². The zero-order chi connectivity index (χ0) is 4.12. The molecular weight excluding hydrogens is 80.1 g/mol. The zero-order valence-corrected chi connectivity index (χ0v) is 5.27. The molecule has 5 heavy (non-hydrogen) atoms. The van der Waals surface area contributed by atoms with Crippen molar-refractivity contribution in [2.75, 3.05) is 0 Å². The highest BCUT2D eigenvalue weighted by Crippen LogP contribution is 1.69. The Balaban J connectivity index is 2.40. The summed E-state index contributed by atoms with van der Waals surface area (Å²) in [7, 11) is 0.772. The molecule has 0 atom stereocenters. The third-order valence-corrected chi connectivity index (χ3v) is 0.504. The molecule has 2 heteroatoms. The van der Waals surface area contributed by atoms with Gasteiger partial charge in [0.05, 0.1) is 6.61 Å². The van der Waals surface area contributed by atoms with Crippen molar-refractivity contribution in [3.63, 3.8) is 0 Å². The van der Waals surface area contributed by atoms with Crippen LogP contribution in [0.2, 0.25) is 0 Å². The van der Waals surface area contributed by atoms with E-state index in [0.717, 1.165) is 10.5 Å². The van der Waals surface area contributed by atoms with Gasteiger partial charge in [-0.05, 0) is 0 Å². The lowest BCUT2D eigenvalue weighted by atomic mass is 10.7. The maximum atomic E-state index is 4.59. The highest BCUT2D eigenvalue weighted by Gasteiger charge is 1.59. The quantitative estimate of drug-likeness (QED) is 0.418. The Kier molecular flexibility index (Phi) is 3.85. The summed E-state index contributed by atoms with van der Waals surface area (Å²) in [5.74, 6) is 0. The summed E-state index contributed by atoms with van der Waals surface area (Å²) < 4.78 is 4.59. The molecule has 0 rings (SSSR count). The van der Waals surface area contributed by atoms with E-state index in [1.165, 1.54) is 0 Å². The van der Waals surface area contributed by atoms with Gasteiger partial charge in [-0.25, -0.2) is 0 Å². The van der Waals surface area contributed by atoms with Crippen molar-refractivity contribution in [3.05, 3.63) is 19.3 Å². The van der Waals surface area contributed by atoms with E-state index in [1.807, 2.05) is 0 Å². The second-order valence-electron chi connectivity index (χ2n) is 0.607. The van der Waals surface area contributed by atoms with Crippen molar-refractivity contribution < 1.29 is 4.43 Å². The monoisotopic (exact) mass is 87.0 g/mol. The van der Waals surface area contributed by atoms with Gasteiger partial charge in [-0.3, -0.25) is 0 Å². The van der Waals surface area contributed by atoms with Gasteiger partial charge < -0.3 is 4.43 Å². The van der Waals surface area contributed by atoms with Crippen LogP contribution in [0.4, 0.5) is 0 Å². The van der Waals surface area contributed by atoms with E-state index in [4.69, 9.17) is 0 Å². The fourth-order valence-corrected chi connectivity index (χ4v) is 0.289. The summed E-state index contributed by atoms with van der Waals surface area (Å²) >= 11 is 0. The minimum Gasteiger partial charge on any atom is -0.419 e. The first-order valence-corrected chi connectivity index (χ1v) is 2.20. The van der Waals surface area contributed by atoms with Gasteiger partial charge >= 0.3 is 0 Å². The van der Waals surface area contributed by atoms with E-state index in [2.05, 4.69) is 11.0 Å². The molecule has 0 fully saturated rings. The molecule has 0 spiro atoms. The second kappa shape index (κ2) is 3.92. The van der Waals surface area contributed by atoms with E-state index in [9.17, 15) is 0 Å². The maximum absolute atomic E-state index is 4.59. The molecule has 0 N–H and O–H groups in total. The van der Waals surface area contributed by atoms with Gasteiger partial charge in [-0.2, -0.15) is 0 Å². The molecule has 1 nitrogen and oxygen atoms in total. The Morgan fingerprint density at radius 2 is 2.40 bits per heavy atom. The smallest absolute Gasteiger partial charge is 0.147 e. The van der Waals surface area contributed by atoms with Gasteiger partial charge in [-0.1, -0.05) is 6.08 Å². The topological polar surface area (TPSA) is 9.23 Å². The lowest BCUT2D eigenvalue weighted by Crippen LogP contribution is -1.70. The summed E-state index contributed by atoms with van der Waals surface area (Å²) in [5, 5.41) is 0. The molecule has 1 radical (unpaired) electrons. The van der Waals surface area contributed by atoms with Crippen molar-refractivity contribution in [2.45, 2.75) is 0 Å². The van der Waals surface area contributed by atoms with E-state index < -0.39 is 0 Å². The molecule has 0 saturated carbocycles. The van der Waals surface area contributed by atoms with Gasteiger partial charge in [0.2, 0.25) is 0 Å². The zero-order valence-electron chi connectivity index (χ0n) is 3.27. The first-order chi connectivity index (χ1) is 2.41. The van der Waals surface area contributed by atoms with Crippen LogP contribution in [0.15, 0.2) is 12.7 Å². The predicted octanol–water partition coefficient (Wildman–Crippen LogP) is -0.369. The fourth-order valence-electron chi connectivity index (χ4n) is 0.0962. The first-order valence-electron chi connectivity index (χ1n) is 1.39. The number of hydrogen-bond donors (Lipinski definition) is 0. The highest BCUT2D eigenvalue weighted by atomic mass is 28.2. The Hall–Kier alpha value is -0.0831. The van der Waals surface area contributed by atoms with E-state index >= 15 is 0 Å². The van der Waals surface area contributed by atoms with Crippen LogP contribution in [0.1, 0.15) is 0 Å². The largest absolute Gasteiger partial charge is 0.419 e. The molecule has 0 aliphatic rings. The van der Waals surface area contributed by atoms with Gasteiger partial charge in [0.1, 0.15) is 10.5 Å². The molecule has 0 heterocycles. The molecule has 0 aromatic heterocycles. The molecule has 0 aromatic carbocycles. The van der Waals surface area contributed by atoms with E-state index in [1.54, 1.807) is 12.7 Å². The molecule has 0 saturated heterocycles. The maximum Gasteiger partial charge on any atom is 0.147 e. The molecule has 0 aliphatic carbocycles. The van der Waals surface area contributed by atoms with E-state index in [0.29, 0.717) is 0 Å². The second-order valence-corrected chi connectivity index (χ2v) is 1.08. The lowest BCUT2D eigenvalue weighted by Gasteiger charge is -1.79. The van der Waals surface area contributed by atoms with Crippen molar-refractivity contribution in [1.82, 2.24) is 0 Å². The SMILES string of the molecule is C=C[CH]O[SiH3]. The fraction of sp³-hybridized carbons (Fsp3) is 0. The van der Waals surface area contributed by atoms with Crippen molar-refractivity contribution in [2.24, 2.45) is 0 Å². The van der Waals surface area contributed by atoms with Crippen LogP contribution in [0, 0.1) is 6.61 Å². The molecular formula is C3H7OSi. The van der Waals surface area contributed by atoms with Crippen LogP contribution in [0.5, 0.6) is 0 Å². The van der Waals surface area contributed by atoms with Crippen molar-refractivity contribution >= 4 is 10.5 Å². The summed E-state index contributed by atoms with van der Waals surface area (Å²) in [6.45, 7) is 4.97. The van der Waals surface area contributed by atoms with E-state index in [-0.39, 0.29) is 0 Å². The summed E-state index contributed by atoms with van der Waals surface area (Å²) in [4.78, 5) is 0. The third kappa shape index (κ3) is 3.92. The van der Waals surface area contributed by atoms with Gasteiger partial charge in [0.15, 0.2) is 0 Å². The van der Waals surface area contributed by atoms with Crippen molar-refractivity contribution in [3.8, 4) is 0 Å². The number of rotatable bonds is 2.